The average Bonchev–Trinajstić information content (AvgIpc) is 2.44. The van der Waals surface area contributed by atoms with Gasteiger partial charge in [-0.3, -0.25) is 4.98 Å². The topological polar surface area (TPSA) is 29.0 Å². The Hall–Kier alpha value is -2.42. The highest BCUT2D eigenvalue weighted by Gasteiger charge is 2.23. The van der Waals surface area contributed by atoms with E-state index in [1.807, 2.05) is 30.6 Å². The van der Waals surface area contributed by atoms with Crippen LogP contribution in [0, 0.1) is 0 Å². The minimum atomic E-state index is 0.981. The molecule has 0 saturated carbocycles. The van der Waals surface area contributed by atoms with Crippen LogP contribution in [-0.2, 0) is 0 Å². The smallest absolute Gasteiger partial charge is 0.142 e. The van der Waals surface area contributed by atoms with Gasteiger partial charge >= 0.3 is 0 Å². The van der Waals surface area contributed by atoms with Crippen molar-refractivity contribution in [1.82, 2.24) is 9.97 Å². The minimum absolute atomic E-state index is 0.981. The van der Waals surface area contributed by atoms with Crippen LogP contribution in [0.3, 0.4) is 0 Å². The van der Waals surface area contributed by atoms with E-state index in [-0.39, 0.29) is 0 Å². The fourth-order valence-electron chi connectivity index (χ4n) is 2.64. The molecule has 0 aliphatic carbocycles. The number of anilines is 2. The maximum Gasteiger partial charge on any atom is 0.142 e. The standard InChI is InChI=1S/C15H11N3/c1-18-12-5-3-2-4-11(12)14-13-10(6-8-16-14)7-9-17-15(13)18/h2-9H,1H3. The molecule has 3 heteroatoms. The zero-order valence-corrected chi connectivity index (χ0v) is 9.96. The van der Waals surface area contributed by atoms with E-state index in [1.54, 1.807) is 0 Å². The molecule has 0 spiro atoms. The molecule has 1 aliphatic heterocycles. The van der Waals surface area contributed by atoms with Gasteiger partial charge in [-0.25, -0.2) is 4.98 Å². The summed E-state index contributed by atoms with van der Waals surface area (Å²) in [6, 6.07) is 12.4. The molecule has 4 rings (SSSR count). The monoisotopic (exact) mass is 233 g/mol. The van der Waals surface area contributed by atoms with Crippen molar-refractivity contribution in [3.63, 3.8) is 0 Å². The lowest BCUT2D eigenvalue weighted by Gasteiger charge is -2.28. The van der Waals surface area contributed by atoms with Gasteiger partial charge in [-0.15, -0.1) is 0 Å². The van der Waals surface area contributed by atoms with E-state index in [9.17, 15) is 0 Å². The van der Waals surface area contributed by atoms with Crippen LogP contribution in [0.15, 0.2) is 48.8 Å². The van der Waals surface area contributed by atoms with E-state index in [0.717, 1.165) is 22.6 Å². The molecule has 0 N–H and O–H groups in total. The van der Waals surface area contributed by atoms with E-state index in [1.165, 1.54) is 10.9 Å². The highest BCUT2D eigenvalue weighted by Crippen LogP contribution is 2.43. The Balaban J connectivity index is 2.24. The third-order valence-corrected chi connectivity index (χ3v) is 3.50. The highest BCUT2D eigenvalue weighted by atomic mass is 15.2. The van der Waals surface area contributed by atoms with Crippen LogP contribution < -0.4 is 4.90 Å². The van der Waals surface area contributed by atoms with Crippen LogP contribution in [0.25, 0.3) is 22.0 Å². The van der Waals surface area contributed by atoms with Crippen molar-refractivity contribution in [3.8, 4) is 11.3 Å². The number of rotatable bonds is 0. The van der Waals surface area contributed by atoms with E-state index >= 15 is 0 Å². The molecule has 3 aromatic rings. The molecule has 1 aliphatic rings. The summed E-state index contributed by atoms with van der Waals surface area (Å²) in [4.78, 5) is 11.2. The molecule has 2 aromatic heterocycles. The fraction of sp³-hybridized carbons (Fsp3) is 0.0667. The quantitative estimate of drug-likeness (QED) is 0.596. The van der Waals surface area contributed by atoms with Crippen LogP contribution in [0.4, 0.5) is 11.5 Å². The molecule has 0 fully saturated rings. The molecule has 0 atom stereocenters. The van der Waals surface area contributed by atoms with Crippen molar-refractivity contribution >= 4 is 22.3 Å². The van der Waals surface area contributed by atoms with Gasteiger partial charge in [-0.2, -0.15) is 0 Å². The number of pyridine rings is 2. The number of nitrogens with zero attached hydrogens (tertiary/aromatic N) is 3. The summed E-state index contributed by atoms with van der Waals surface area (Å²) in [5, 5.41) is 2.33. The molecule has 0 amide bonds. The first-order valence-electron chi connectivity index (χ1n) is 5.93. The SMILES string of the molecule is CN1c2ccccc2-c2nccc3ccnc1c23. The molecule has 86 valence electrons. The Labute approximate surface area is 105 Å². The van der Waals surface area contributed by atoms with Crippen LogP contribution in [0.2, 0.25) is 0 Å². The first-order chi connectivity index (χ1) is 8.86. The summed E-state index contributed by atoms with van der Waals surface area (Å²) in [6.45, 7) is 0. The molecule has 0 unspecified atom stereocenters. The molecular formula is C15H11N3. The Morgan fingerprint density at radius 1 is 0.944 bits per heavy atom. The number of para-hydroxylation sites is 1. The maximum absolute atomic E-state index is 4.55. The van der Waals surface area contributed by atoms with Gasteiger partial charge in [0.2, 0.25) is 0 Å². The second-order valence-corrected chi connectivity index (χ2v) is 4.47. The number of hydrogen-bond donors (Lipinski definition) is 0. The molecule has 0 bridgehead atoms. The van der Waals surface area contributed by atoms with Crippen molar-refractivity contribution in [2.24, 2.45) is 0 Å². The predicted octanol–water partition coefficient (Wildman–Crippen LogP) is 3.38. The molecule has 18 heavy (non-hydrogen) atoms. The normalized spacial score (nSPS) is 12.6. The molecule has 0 radical (unpaired) electrons. The van der Waals surface area contributed by atoms with Crippen LogP contribution in [0.1, 0.15) is 0 Å². The molecule has 3 heterocycles. The summed E-state index contributed by atoms with van der Waals surface area (Å²) in [5.41, 5.74) is 3.36. The largest absolute Gasteiger partial charge is 0.328 e. The lowest BCUT2D eigenvalue weighted by atomic mass is 9.99. The van der Waals surface area contributed by atoms with E-state index in [0.29, 0.717) is 0 Å². The van der Waals surface area contributed by atoms with Crippen molar-refractivity contribution in [2.75, 3.05) is 11.9 Å². The molecule has 0 saturated heterocycles. The van der Waals surface area contributed by atoms with Gasteiger partial charge < -0.3 is 4.90 Å². The van der Waals surface area contributed by atoms with Gasteiger partial charge in [0.15, 0.2) is 0 Å². The zero-order valence-electron chi connectivity index (χ0n) is 9.96. The Bertz CT molecular complexity index is 759. The number of benzene rings is 1. The highest BCUT2D eigenvalue weighted by molar-refractivity contribution is 6.08. The summed E-state index contributed by atoms with van der Waals surface area (Å²) in [7, 11) is 2.05. The van der Waals surface area contributed by atoms with Gasteiger partial charge in [0.05, 0.1) is 16.8 Å². The number of hydrogen-bond acceptors (Lipinski definition) is 3. The van der Waals surface area contributed by atoms with Gasteiger partial charge in [-0.05, 0) is 23.6 Å². The molecule has 3 nitrogen and oxygen atoms in total. The predicted molar refractivity (Wildman–Crippen MR) is 73.0 cm³/mol. The summed E-state index contributed by atoms with van der Waals surface area (Å²) >= 11 is 0. The fourth-order valence-corrected chi connectivity index (χ4v) is 2.64. The third kappa shape index (κ3) is 1.08. The van der Waals surface area contributed by atoms with Crippen molar-refractivity contribution in [3.05, 3.63) is 48.8 Å². The lowest BCUT2D eigenvalue weighted by Crippen LogP contribution is -2.16. The Morgan fingerprint density at radius 3 is 2.61 bits per heavy atom. The third-order valence-electron chi connectivity index (χ3n) is 3.50. The van der Waals surface area contributed by atoms with Crippen molar-refractivity contribution in [1.29, 1.82) is 0 Å². The van der Waals surface area contributed by atoms with E-state index in [4.69, 9.17) is 0 Å². The summed E-state index contributed by atoms with van der Waals surface area (Å²) in [6.07, 6.45) is 3.72. The van der Waals surface area contributed by atoms with Gasteiger partial charge in [0, 0.05) is 25.0 Å². The van der Waals surface area contributed by atoms with Gasteiger partial charge in [0.25, 0.3) is 0 Å². The Morgan fingerprint density at radius 2 is 1.72 bits per heavy atom. The Kier molecular flexibility index (Phi) is 1.75. The van der Waals surface area contributed by atoms with Gasteiger partial charge in [0.1, 0.15) is 5.82 Å². The minimum Gasteiger partial charge on any atom is -0.328 e. The van der Waals surface area contributed by atoms with Gasteiger partial charge in [-0.1, -0.05) is 18.2 Å². The summed E-state index contributed by atoms with van der Waals surface area (Å²) < 4.78 is 0. The van der Waals surface area contributed by atoms with Crippen molar-refractivity contribution in [2.45, 2.75) is 0 Å². The number of fused-ring (bicyclic) bond motifs is 2. The second-order valence-electron chi connectivity index (χ2n) is 4.47. The van der Waals surface area contributed by atoms with E-state index in [2.05, 4.69) is 40.1 Å². The number of aromatic nitrogens is 2. The molecule has 1 aromatic carbocycles. The zero-order chi connectivity index (χ0) is 12.1. The first-order valence-corrected chi connectivity index (χ1v) is 5.93. The summed E-state index contributed by atoms with van der Waals surface area (Å²) in [5.74, 6) is 0.981. The second kappa shape index (κ2) is 3.29. The average molecular weight is 233 g/mol. The lowest BCUT2D eigenvalue weighted by molar-refractivity contribution is 1.13. The first kappa shape index (κ1) is 9.59. The van der Waals surface area contributed by atoms with Crippen LogP contribution in [0.5, 0.6) is 0 Å². The molecular weight excluding hydrogens is 222 g/mol. The van der Waals surface area contributed by atoms with Crippen LogP contribution in [-0.4, -0.2) is 17.0 Å². The van der Waals surface area contributed by atoms with Crippen LogP contribution >= 0.6 is 0 Å². The van der Waals surface area contributed by atoms with E-state index < -0.39 is 0 Å². The van der Waals surface area contributed by atoms with Crippen molar-refractivity contribution < 1.29 is 0 Å². The maximum atomic E-state index is 4.55.